The summed E-state index contributed by atoms with van der Waals surface area (Å²) in [6, 6.07) is 18.7. The maximum Gasteiger partial charge on any atom is 0.118 e. The van der Waals surface area contributed by atoms with Crippen LogP contribution in [0.1, 0.15) is 12.0 Å². The van der Waals surface area contributed by atoms with Gasteiger partial charge >= 0.3 is 0 Å². The fourth-order valence-electron chi connectivity index (χ4n) is 2.23. The van der Waals surface area contributed by atoms with Crippen molar-refractivity contribution in [3.8, 4) is 5.75 Å². The molecule has 0 amide bonds. The molecule has 0 aromatic heterocycles. The van der Waals surface area contributed by atoms with Crippen LogP contribution in [-0.4, -0.2) is 27.2 Å². The Morgan fingerprint density at radius 1 is 1.00 bits per heavy atom. The second-order valence-electron chi connectivity index (χ2n) is 5.14. The molecule has 0 heterocycles. The fraction of sp³-hybridized carbons (Fsp3) is 0.333. The van der Waals surface area contributed by atoms with E-state index in [1.54, 1.807) is 7.11 Å². The highest BCUT2D eigenvalue weighted by molar-refractivity contribution is 5.44. The third-order valence-electron chi connectivity index (χ3n) is 3.53. The molecule has 3 heteroatoms. The number of methoxy groups -OCH3 is 1. The molecule has 2 aromatic carbocycles. The first-order valence-corrected chi connectivity index (χ1v) is 7.39. The van der Waals surface area contributed by atoms with Crippen LogP contribution in [0, 0.1) is 0 Å². The summed E-state index contributed by atoms with van der Waals surface area (Å²) in [7, 11) is 3.83. The average molecular weight is 284 g/mol. The Morgan fingerprint density at radius 3 is 2.38 bits per heavy atom. The number of anilines is 1. The van der Waals surface area contributed by atoms with E-state index in [9.17, 15) is 0 Å². The van der Waals surface area contributed by atoms with Crippen LogP contribution in [-0.2, 0) is 6.54 Å². The number of ether oxygens (including phenoxy) is 1. The lowest BCUT2D eigenvalue weighted by atomic mass is 10.2. The molecular formula is C18H24N2O. The Hall–Kier alpha value is -2.00. The predicted octanol–water partition coefficient (Wildman–Crippen LogP) is 3.31. The highest BCUT2D eigenvalue weighted by Gasteiger charge is 1.99. The first kappa shape index (κ1) is 15.4. The van der Waals surface area contributed by atoms with Crippen molar-refractivity contribution >= 4 is 5.69 Å². The molecule has 0 saturated carbocycles. The van der Waals surface area contributed by atoms with E-state index in [0.29, 0.717) is 0 Å². The van der Waals surface area contributed by atoms with E-state index in [2.05, 4.69) is 53.7 Å². The molecule has 2 rings (SSSR count). The summed E-state index contributed by atoms with van der Waals surface area (Å²) in [6.07, 6.45) is 1.13. The first-order chi connectivity index (χ1) is 10.3. The van der Waals surface area contributed by atoms with E-state index in [1.807, 2.05) is 18.2 Å². The van der Waals surface area contributed by atoms with Crippen molar-refractivity contribution < 1.29 is 4.74 Å². The van der Waals surface area contributed by atoms with Gasteiger partial charge in [0.15, 0.2) is 0 Å². The first-order valence-electron chi connectivity index (χ1n) is 7.39. The second kappa shape index (κ2) is 8.32. The topological polar surface area (TPSA) is 24.5 Å². The van der Waals surface area contributed by atoms with E-state index >= 15 is 0 Å². The van der Waals surface area contributed by atoms with Crippen LogP contribution in [0.5, 0.6) is 5.75 Å². The summed E-state index contributed by atoms with van der Waals surface area (Å²) >= 11 is 0. The van der Waals surface area contributed by atoms with Crippen molar-refractivity contribution in [3.05, 3.63) is 60.2 Å². The largest absolute Gasteiger partial charge is 0.497 e. The lowest BCUT2D eigenvalue weighted by molar-refractivity contribution is 0.414. The highest BCUT2D eigenvalue weighted by atomic mass is 16.5. The van der Waals surface area contributed by atoms with Gasteiger partial charge in [-0.25, -0.2) is 0 Å². The molecule has 1 N–H and O–H groups in total. The molecule has 0 saturated heterocycles. The Bertz CT molecular complexity index is 511. The van der Waals surface area contributed by atoms with Gasteiger partial charge < -0.3 is 15.0 Å². The molecule has 112 valence electrons. The van der Waals surface area contributed by atoms with Gasteiger partial charge in [-0.2, -0.15) is 0 Å². The van der Waals surface area contributed by atoms with Gasteiger partial charge in [-0.05, 0) is 42.8 Å². The fourth-order valence-corrected chi connectivity index (χ4v) is 2.23. The average Bonchev–Trinajstić information content (AvgIpc) is 2.55. The maximum absolute atomic E-state index is 5.15. The van der Waals surface area contributed by atoms with Crippen LogP contribution < -0.4 is 15.0 Å². The van der Waals surface area contributed by atoms with E-state index in [1.165, 1.54) is 11.3 Å². The van der Waals surface area contributed by atoms with Crippen molar-refractivity contribution in [2.75, 3.05) is 32.1 Å². The van der Waals surface area contributed by atoms with Crippen LogP contribution in [0.4, 0.5) is 5.69 Å². The molecule has 0 bridgehead atoms. The summed E-state index contributed by atoms with van der Waals surface area (Å²) in [6.45, 7) is 2.97. The van der Waals surface area contributed by atoms with E-state index in [-0.39, 0.29) is 0 Å². The molecule has 0 radical (unpaired) electrons. The van der Waals surface area contributed by atoms with Crippen LogP contribution in [0.25, 0.3) is 0 Å². The monoisotopic (exact) mass is 284 g/mol. The zero-order chi connectivity index (χ0) is 14.9. The Morgan fingerprint density at radius 2 is 1.71 bits per heavy atom. The van der Waals surface area contributed by atoms with Gasteiger partial charge in [-0.1, -0.05) is 30.3 Å². The molecule has 0 aliphatic rings. The minimum atomic E-state index is 0.902. The second-order valence-corrected chi connectivity index (χ2v) is 5.14. The molecule has 2 aromatic rings. The zero-order valence-electron chi connectivity index (χ0n) is 12.9. The van der Waals surface area contributed by atoms with E-state index in [0.717, 1.165) is 31.8 Å². The quantitative estimate of drug-likeness (QED) is 0.753. The van der Waals surface area contributed by atoms with Crippen LogP contribution in [0.15, 0.2) is 54.6 Å². The number of hydrogen-bond acceptors (Lipinski definition) is 3. The molecule has 21 heavy (non-hydrogen) atoms. The standard InChI is InChI=1S/C18H24N2O/c1-20(17-7-4-3-5-8-17)14-6-13-19-15-16-9-11-18(21-2)12-10-16/h3-5,7-12,19H,6,13-15H2,1-2H3. The van der Waals surface area contributed by atoms with Gasteiger partial charge in [0.1, 0.15) is 5.75 Å². The number of hydrogen-bond donors (Lipinski definition) is 1. The summed E-state index contributed by atoms with van der Waals surface area (Å²) in [5, 5.41) is 3.48. The van der Waals surface area contributed by atoms with Gasteiger partial charge in [0.25, 0.3) is 0 Å². The molecule has 0 spiro atoms. The number of para-hydroxylation sites is 1. The summed E-state index contributed by atoms with van der Waals surface area (Å²) in [5.74, 6) is 0.906. The van der Waals surface area contributed by atoms with Gasteiger partial charge in [-0.15, -0.1) is 0 Å². The minimum Gasteiger partial charge on any atom is -0.497 e. The van der Waals surface area contributed by atoms with Crippen LogP contribution >= 0.6 is 0 Å². The van der Waals surface area contributed by atoms with Crippen molar-refractivity contribution in [2.45, 2.75) is 13.0 Å². The third kappa shape index (κ3) is 5.12. The van der Waals surface area contributed by atoms with Gasteiger partial charge in [0.2, 0.25) is 0 Å². The third-order valence-corrected chi connectivity index (χ3v) is 3.53. The van der Waals surface area contributed by atoms with Crippen molar-refractivity contribution in [3.63, 3.8) is 0 Å². The lowest BCUT2D eigenvalue weighted by Crippen LogP contribution is -2.23. The summed E-state index contributed by atoms with van der Waals surface area (Å²) in [5.41, 5.74) is 2.56. The van der Waals surface area contributed by atoms with Crippen molar-refractivity contribution in [1.82, 2.24) is 5.32 Å². The van der Waals surface area contributed by atoms with Crippen molar-refractivity contribution in [1.29, 1.82) is 0 Å². The van der Waals surface area contributed by atoms with Gasteiger partial charge in [0, 0.05) is 25.8 Å². The van der Waals surface area contributed by atoms with Gasteiger partial charge in [-0.3, -0.25) is 0 Å². The van der Waals surface area contributed by atoms with E-state index < -0.39 is 0 Å². The molecule has 0 aliphatic carbocycles. The van der Waals surface area contributed by atoms with Crippen LogP contribution in [0.3, 0.4) is 0 Å². The molecule has 0 unspecified atom stereocenters. The van der Waals surface area contributed by atoms with Gasteiger partial charge in [0.05, 0.1) is 7.11 Å². The van der Waals surface area contributed by atoms with Crippen molar-refractivity contribution in [2.24, 2.45) is 0 Å². The lowest BCUT2D eigenvalue weighted by Gasteiger charge is -2.19. The molecule has 0 fully saturated rings. The number of nitrogens with zero attached hydrogens (tertiary/aromatic N) is 1. The maximum atomic E-state index is 5.15. The SMILES string of the molecule is COc1ccc(CNCCCN(C)c2ccccc2)cc1. The zero-order valence-corrected chi connectivity index (χ0v) is 12.9. The minimum absolute atomic E-state index is 0.902. The Labute approximate surface area is 127 Å². The smallest absolute Gasteiger partial charge is 0.118 e. The van der Waals surface area contributed by atoms with Crippen LogP contribution in [0.2, 0.25) is 0 Å². The number of rotatable bonds is 8. The normalized spacial score (nSPS) is 10.4. The molecule has 0 atom stereocenters. The number of nitrogens with one attached hydrogen (secondary N) is 1. The molecular weight excluding hydrogens is 260 g/mol. The Kier molecular flexibility index (Phi) is 6.10. The number of benzene rings is 2. The summed E-state index contributed by atoms with van der Waals surface area (Å²) in [4.78, 5) is 2.29. The summed E-state index contributed by atoms with van der Waals surface area (Å²) < 4.78 is 5.15. The molecule has 3 nitrogen and oxygen atoms in total. The Balaban J connectivity index is 1.63. The predicted molar refractivity (Wildman–Crippen MR) is 89.0 cm³/mol. The molecule has 0 aliphatic heterocycles. The van der Waals surface area contributed by atoms with E-state index in [4.69, 9.17) is 4.74 Å². The highest BCUT2D eigenvalue weighted by Crippen LogP contribution is 2.12.